The minimum absolute atomic E-state index is 0.160. The Labute approximate surface area is 196 Å². The van der Waals surface area contributed by atoms with Crippen LogP contribution in [0.25, 0.3) is 27.8 Å². The van der Waals surface area contributed by atoms with Crippen LogP contribution < -0.4 is 10.1 Å². The van der Waals surface area contributed by atoms with Crippen molar-refractivity contribution in [2.45, 2.75) is 45.6 Å². The van der Waals surface area contributed by atoms with Crippen molar-refractivity contribution in [3.63, 3.8) is 0 Å². The third-order valence-corrected chi connectivity index (χ3v) is 7.21. The number of carbonyl (C=O) groups is 1. The number of aryl methyl sites for hydroxylation is 1. The maximum atomic E-state index is 12.9. The van der Waals surface area contributed by atoms with Crippen LogP contribution in [0.5, 0.6) is 5.88 Å². The highest BCUT2D eigenvalue weighted by Gasteiger charge is 2.48. The zero-order chi connectivity index (χ0) is 23.4. The van der Waals surface area contributed by atoms with E-state index in [0.29, 0.717) is 17.5 Å². The number of rotatable bonds is 5. The Bertz CT molecular complexity index is 1400. The normalized spacial score (nSPS) is 22.3. The number of amides is 1. The number of hydrogen-bond acceptors (Lipinski definition) is 7. The highest BCUT2D eigenvalue weighted by atomic mass is 16.5. The maximum absolute atomic E-state index is 12.9. The lowest BCUT2D eigenvalue weighted by atomic mass is 9.66. The van der Waals surface area contributed by atoms with Gasteiger partial charge in [-0.1, -0.05) is 6.92 Å². The van der Waals surface area contributed by atoms with Crippen LogP contribution in [0.3, 0.4) is 0 Å². The minimum atomic E-state index is -0.297. The first-order chi connectivity index (χ1) is 16.4. The topological polar surface area (TPSA) is 113 Å². The smallest absolute Gasteiger partial charge is 0.228 e. The number of likely N-dealkylation sites (tertiary alicyclic amines) is 1. The number of carbonyl (C=O) groups excluding carboxylic acids is 1. The predicted molar refractivity (Wildman–Crippen MR) is 128 cm³/mol. The Hall–Kier alpha value is -3.69. The quantitative estimate of drug-likeness (QED) is 0.470. The minimum Gasteiger partial charge on any atom is -0.480 e. The van der Waals surface area contributed by atoms with Gasteiger partial charge in [0.15, 0.2) is 5.65 Å². The average Bonchev–Trinajstić information content (AvgIpc) is 3.57. The predicted octanol–water partition coefficient (Wildman–Crippen LogP) is 3.19. The first-order valence-electron chi connectivity index (χ1n) is 11.8. The van der Waals surface area contributed by atoms with Crippen molar-refractivity contribution in [3.8, 4) is 17.0 Å². The van der Waals surface area contributed by atoms with Crippen molar-refractivity contribution in [1.29, 1.82) is 0 Å². The lowest BCUT2D eigenvalue weighted by Crippen LogP contribution is -2.53. The highest BCUT2D eigenvalue weighted by molar-refractivity contribution is 5.97. The Kier molecular flexibility index (Phi) is 4.72. The zero-order valence-electron chi connectivity index (χ0n) is 19.6. The molecule has 0 aromatic carbocycles. The standard InChI is InChI=1S/C24H28N8O2/c1-14-29-30-18-7-6-15(13-32(14)18)17-12-25-20-19(17)21(34-3)28-23(27-20)26-16-10-24(2,11-16)22(33)31-8-4-5-9-31/h6-7,12-13,16H,4-5,8-11H2,1-3H3,(H2,25,26,27,28)/t16-,24+. The molecular weight excluding hydrogens is 432 g/mol. The van der Waals surface area contributed by atoms with Crippen molar-refractivity contribution in [2.75, 3.05) is 25.5 Å². The molecular formula is C24H28N8O2. The maximum Gasteiger partial charge on any atom is 0.228 e. The lowest BCUT2D eigenvalue weighted by molar-refractivity contribution is -0.145. The van der Waals surface area contributed by atoms with E-state index in [1.165, 1.54) is 0 Å². The van der Waals surface area contributed by atoms with Crippen LogP contribution in [0.2, 0.25) is 0 Å². The number of nitrogens with one attached hydrogen (secondary N) is 2. The van der Waals surface area contributed by atoms with Gasteiger partial charge in [0.05, 0.1) is 17.9 Å². The molecule has 0 spiro atoms. The Balaban J connectivity index is 1.25. The summed E-state index contributed by atoms with van der Waals surface area (Å²) in [5.41, 5.74) is 3.13. The van der Waals surface area contributed by atoms with Crippen LogP contribution >= 0.6 is 0 Å². The summed E-state index contributed by atoms with van der Waals surface area (Å²) in [5, 5.41) is 12.5. The second-order valence-corrected chi connectivity index (χ2v) is 9.69. The second-order valence-electron chi connectivity index (χ2n) is 9.69. The van der Waals surface area contributed by atoms with Gasteiger partial charge in [0.25, 0.3) is 0 Å². The van der Waals surface area contributed by atoms with Gasteiger partial charge in [0, 0.05) is 42.7 Å². The summed E-state index contributed by atoms with van der Waals surface area (Å²) in [6.45, 7) is 5.78. The number of pyridine rings is 1. The molecule has 5 heterocycles. The fraction of sp³-hybridized carbons (Fsp3) is 0.458. The second kappa shape index (κ2) is 7.68. The molecule has 34 heavy (non-hydrogen) atoms. The Morgan fingerprint density at radius 2 is 2.00 bits per heavy atom. The molecule has 4 aromatic heterocycles. The summed E-state index contributed by atoms with van der Waals surface area (Å²) in [6, 6.07) is 4.10. The molecule has 4 aromatic rings. The number of aromatic amines is 1. The lowest BCUT2D eigenvalue weighted by Gasteiger charge is -2.45. The van der Waals surface area contributed by atoms with E-state index < -0.39 is 0 Å². The van der Waals surface area contributed by atoms with E-state index in [1.54, 1.807) is 7.11 Å². The molecule has 1 aliphatic carbocycles. The van der Waals surface area contributed by atoms with Crippen LogP contribution in [-0.4, -0.2) is 66.6 Å². The number of aromatic nitrogens is 6. The van der Waals surface area contributed by atoms with E-state index in [1.807, 2.05) is 40.8 Å². The van der Waals surface area contributed by atoms with Gasteiger partial charge in [0.2, 0.25) is 17.7 Å². The third kappa shape index (κ3) is 3.27. The third-order valence-electron chi connectivity index (χ3n) is 7.21. The van der Waals surface area contributed by atoms with Crippen LogP contribution in [0.4, 0.5) is 5.95 Å². The zero-order valence-corrected chi connectivity index (χ0v) is 19.6. The molecule has 0 atom stereocenters. The first-order valence-corrected chi connectivity index (χ1v) is 11.8. The van der Waals surface area contributed by atoms with Gasteiger partial charge in [-0.3, -0.25) is 9.20 Å². The van der Waals surface area contributed by atoms with Crippen molar-refractivity contribution in [2.24, 2.45) is 5.41 Å². The van der Waals surface area contributed by atoms with Crippen molar-refractivity contribution < 1.29 is 9.53 Å². The van der Waals surface area contributed by atoms with Crippen LogP contribution in [0.15, 0.2) is 24.5 Å². The number of H-pyrrole nitrogens is 1. The molecule has 2 N–H and O–H groups in total. The van der Waals surface area contributed by atoms with Gasteiger partial charge < -0.3 is 19.9 Å². The summed E-state index contributed by atoms with van der Waals surface area (Å²) in [4.78, 5) is 27.5. The number of nitrogens with zero attached hydrogens (tertiary/aromatic N) is 6. The fourth-order valence-electron chi connectivity index (χ4n) is 5.39. The number of methoxy groups -OCH3 is 1. The summed E-state index contributed by atoms with van der Waals surface area (Å²) in [5.74, 6) is 2.11. The first kappa shape index (κ1) is 20.9. The number of anilines is 1. The van der Waals surface area contributed by atoms with Gasteiger partial charge in [-0.25, -0.2) is 0 Å². The van der Waals surface area contributed by atoms with Gasteiger partial charge in [-0.15, -0.1) is 10.2 Å². The van der Waals surface area contributed by atoms with Gasteiger partial charge in [0.1, 0.15) is 11.5 Å². The monoisotopic (exact) mass is 460 g/mol. The number of fused-ring (bicyclic) bond motifs is 2. The molecule has 2 fully saturated rings. The molecule has 1 saturated heterocycles. The Morgan fingerprint density at radius 3 is 2.76 bits per heavy atom. The number of hydrogen-bond donors (Lipinski definition) is 2. The fourth-order valence-corrected chi connectivity index (χ4v) is 5.39. The molecule has 1 aliphatic heterocycles. The van der Waals surface area contributed by atoms with E-state index in [-0.39, 0.29) is 17.4 Å². The van der Waals surface area contributed by atoms with E-state index in [2.05, 4.69) is 32.4 Å². The number of ether oxygens (including phenoxy) is 1. The highest BCUT2D eigenvalue weighted by Crippen LogP contribution is 2.44. The molecule has 0 radical (unpaired) electrons. The molecule has 10 nitrogen and oxygen atoms in total. The van der Waals surface area contributed by atoms with Crippen molar-refractivity contribution >= 4 is 28.5 Å². The molecule has 2 aliphatic rings. The summed E-state index contributed by atoms with van der Waals surface area (Å²) >= 11 is 0. The SMILES string of the molecule is COc1nc(N[C@H]2C[C@@](C)(C(=O)N3CCCC3)C2)nc2[nH]cc(-c3ccc4nnc(C)n4c3)c12. The van der Waals surface area contributed by atoms with Crippen LogP contribution in [0.1, 0.15) is 38.4 Å². The molecule has 176 valence electrons. The molecule has 1 amide bonds. The van der Waals surface area contributed by atoms with Gasteiger partial charge >= 0.3 is 0 Å². The largest absolute Gasteiger partial charge is 0.480 e. The van der Waals surface area contributed by atoms with Gasteiger partial charge in [-0.05, 0) is 44.7 Å². The molecule has 0 bridgehead atoms. The van der Waals surface area contributed by atoms with E-state index >= 15 is 0 Å². The molecule has 10 heteroatoms. The van der Waals surface area contributed by atoms with Crippen LogP contribution in [0, 0.1) is 12.3 Å². The van der Waals surface area contributed by atoms with E-state index in [0.717, 1.165) is 66.8 Å². The van der Waals surface area contributed by atoms with Gasteiger partial charge in [-0.2, -0.15) is 9.97 Å². The summed E-state index contributed by atoms with van der Waals surface area (Å²) in [7, 11) is 1.62. The van der Waals surface area contributed by atoms with Crippen LogP contribution in [-0.2, 0) is 4.79 Å². The molecule has 1 saturated carbocycles. The molecule has 0 unspecified atom stereocenters. The molecule has 6 rings (SSSR count). The Morgan fingerprint density at radius 1 is 1.21 bits per heavy atom. The summed E-state index contributed by atoms with van der Waals surface area (Å²) in [6.07, 6.45) is 7.71. The summed E-state index contributed by atoms with van der Waals surface area (Å²) < 4.78 is 7.61. The van der Waals surface area contributed by atoms with Crippen molar-refractivity contribution in [1.82, 2.24) is 34.4 Å². The van der Waals surface area contributed by atoms with E-state index in [4.69, 9.17) is 9.72 Å². The van der Waals surface area contributed by atoms with E-state index in [9.17, 15) is 4.79 Å². The average molecular weight is 461 g/mol. The van der Waals surface area contributed by atoms with Crippen molar-refractivity contribution in [3.05, 3.63) is 30.4 Å².